The largest absolute Gasteiger partial charge is 0.494 e. The maximum atomic E-state index is 11.0. The molecule has 0 amide bonds. The van der Waals surface area contributed by atoms with Crippen molar-refractivity contribution < 1.29 is 14.6 Å². The molecule has 0 fully saturated rings. The predicted molar refractivity (Wildman–Crippen MR) is 76.6 cm³/mol. The quantitative estimate of drug-likeness (QED) is 0.945. The minimum atomic E-state index is -1.07. The van der Waals surface area contributed by atoms with Crippen LogP contribution in [0.15, 0.2) is 12.1 Å². The van der Waals surface area contributed by atoms with Gasteiger partial charge in [-0.25, -0.2) is 4.79 Å². The maximum Gasteiger partial charge on any atom is 0.356 e. The van der Waals surface area contributed by atoms with Crippen LogP contribution < -0.4 is 4.74 Å². The highest BCUT2D eigenvalue weighted by atomic mass is 35.5. The summed E-state index contributed by atoms with van der Waals surface area (Å²) in [6.07, 6.45) is 0. The highest BCUT2D eigenvalue weighted by molar-refractivity contribution is 6.33. The average molecular weight is 295 g/mol. The summed E-state index contributed by atoms with van der Waals surface area (Å²) in [5.41, 5.74) is 3.25. The Balaban J connectivity index is 2.75. The third-order valence-electron chi connectivity index (χ3n) is 3.16. The molecule has 0 bridgehead atoms. The van der Waals surface area contributed by atoms with Gasteiger partial charge in [-0.3, -0.25) is 4.68 Å². The molecule has 0 atom stereocenters. The van der Waals surface area contributed by atoms with Crippen molar-refractivity contribution in [3.8, 4) is 17.0 Å². The number of aryl methyl sites for hydroxylation is 3. The fraction of sp³-hybridized carbons (Fsp3) is 0.286. The van der Waals surface area contributed by atoms with Crippen molar-refractivity contribution in [2.45, 2.75) is 13.8 Å². The zero-order valence-corrected chi connectivity index (χ0v) is 12.4. The van der Waals surface area contributed by atoms with E-state index in [1.165, 1.54) is 17.9 Å². The average Bonchev–Trinajstić information content (AvgIpc) is 2.75. The summed E-state index contributed by atoms with van der Waals surface area (Å²) in [5.74, 6) is -0.536. The summed E-state index contributed by atoms with van der Waals surface area (Å²) >= 11 is 6.27. The van der Waals surface area contributed by atoms with Crippen LogP contribution in [0, 0.1) is 13.8 Å². The molecule has 0 aliphatic rings. The smallest absolute Gasteiger partial charge is 0.356 e. The molecule has 1 aromatic carbocycles. The monoisotopic (exact) mass is 294 g/mol. The predicted octanol–water partition coefficient (Wildman–Crippen LogP) is 3.06. The minimum absolute atomic E-state index is 0.0133. The Kier molecular flexibility index (Phi) is 3.72. The topological polar surface area (TPSA) is 64.3 Å². The highest BCUT2D eigenvalue weighted by Gasteiger charge is 2.20. The number of nitrogens with zero attached hydrogens (tertiary/aromatic N) is 2. The van der Waals surface area contributed by atoms with E-state index in [2.05, 4.69) is 5.10 Å². The standard InChI is InChI=1S/C14H15ClN2O3/c1-7-5-8(2)12(15)13(20-4)11(7)10-6-9(14(18)19)16-17(10)3/h5-6H,1-4H3,(H,18,19). The summed E-state index contributed by atoms with van der Waals surface area (Å²) < 4.78 is 6.91. The Morgan fingerprint density at radius 2 is 2.00 bits per heavy atom. The van der Waals surface area contributed by atoms with E-state index in [0.717, 1.165) is 16.7 Å². The molecule has 0 aliphatic heterocycles. The number of aromatic carboxylic acids is 1. The summed E-state index contributed by atoms with van der Waals surface area (Å²) in [5, 5.41) is 13.5. The number of hydrogen-bond acceptors (Lipinski definition) is 3. The molecule has 5 nitrogen and oxygen atoms in total. The number of carboxylic acid groups (broad SMARTS) is 1. The third-order valence-corrected chi connectivity index (χ3v) is 3.63. The van der Waals surface area contributed by atoms with Crippen LogP contribution in [0.25, 0.3) is 11.3 Å². The summed E-state index contributed by atoms with van der Waals surface area (Å²) in [7, 11) is 3.23. The van der Waals surface area contributed by atoms with Crippen LogP contribution in [0.1, 0.15) is 21.6 Å². The number of methoxy groups -OCH3 is 1. The van der Waals surface area contributed by atoms with Crippen molar-refractivity contribution in [2.24, 2.45) is 7.05 Å². The molecule has 2 aromatic rings. The Morgan fingerprint density at radius 3 is 2.50 bits per heavy atom. The molecule has 2 rings (SSSR count). The SMILES string of the molecule is COc1c(Cl)c(C)cc(C)c1-c1cc(C(=O)O)nn1C. The van der Waals surface area contributed by atoms with Crippen LogP contribution in [0.5, 0.6) is 5.75 Å². The number of carboxylic acids is 1. The van der Waals surface area contributed by atoms with Crippen molar-refractivity contribution in [2.75, 3.05) is 7.11 Å². The number of benzene rings is 1. The van der Waals surface area contributed by atoms with Gasteiger partial charge < -0.3 is 9.84 Å². The molecule has 1 aromatic heterocycles. The Bertz CT molecular complexity index is 692. The Hall–Kier alpha value is -2.01. The lowest BCUT2D eigenvalue weighted by atomic mass is 10.0. The summed E-state index contributed by atoms with van der Waals surface area (Å²) in [4.78, 5) is 11.0. The van der Waals surface area contributed by atoms with E-state index >= 15 is 0 Å². The zero-order valence-electron chi connectivity index (χ0n) is 11.7. The van der Waals surface area contributed by atoms with Gasteiger partial charge in [0.15, 0.2) is 5.69 Å². The molecule has 0 aliphatic carbocycles. The lowest BCUT2D eigenvalue weighted by molar-refractivity contribution is 0.0689. The molecule has 0 saturated carbocycles. The van der Waals surface area contributed by atoms with Crippen LogP contribution in [-0.4, -0.2) is 28.0 Å². The molecular weight excluding hydrogens is 280 g/mol. The van der Waals surface area contributed by atoms with Crippen molar-refractivity contribution in [1.82, 2.24) is 9.78 Å². The number of carbonyl (C=O) groups is 1. The van der Waals surface area contributed by atoms with Gasteiger partial charge in [-0.05, 0) is 31.0 Å². The third kappa shape index (κ3) is 2.25. The first-order valence-corrected chi connectivity index (χ1v) is 6.36. The minimum Gasteiger partial charge on any atom is -0.494 e. The maximum absolute atomic E-state index is 11.0. The molecule has 1 N–H and O–H groups in total. The van der Waals surface area contributed by atoms with Crippen molar-refractivity contribution in [1.29, 1.82) is 0 Å². The number of ether oxygens (including phenoxy) is 1. The normalized spacial score (nSPS) is 10.7. The van der Waals surface area contributed by atoms with Crippen LogP contribution in [0.4, 0.5) is 0 Å². The summed E-state index contributed by atoms with van der Waals surface area (Å²) in [6.45, 7) is 3.82. The molecule has 0 saturated heterocycles. The van der Waals surface area contributed by atoms with Gasteiger partial charge in [0.25, 0.3) is 0 Å². The Labute approximate surface area is 121 Å². The van der Waals surface area contributed by atoms with Gasteiger partial charge in [0, 0.05) is 12.6 Å². The first-order chi connectivity index (χ1) is 9.36. The summed E-state index contributed by atoms with van der Waals surface area (Å²) in [6, 6.07) is 3.45. The second-order valence-corrected chi connectivity index (χ2v) is 4.95. The van der Waals surface area contributed by atoms with Crippen LogP contribution >= 0.6 is 11.6 Å². The van der Waals surface area contributed by atoms with E-state index in [4.69, 9.17) is 21.4 Å². The van der Waals surface area contributed by atoms with E-state index in [-0.39, 0.29) is 5.69 Å². The van der Waals surface area contributed by atoms with E-state index in [0.29, 0.717) is 16.5 Å². The van der Waals surface area contributed by atoms with Gasteiger partial charge in [-0.2, -0.15) is 5.10 Å². The molecule has 6 heteroatoms. The fourth-order valence-electron chi connectivity index (χ4n) is 2.24. The second-order valence-electron chi connectivity index (χ2n) is 4.58. The molecule has 0 spiro atoms. The van der Waals surface area contributed by atoms with E-state index < -0.39 is 5.97 Å². The number of rotatable bonds is 3. The fourth-order valence-corrected chi connectivity index (χ4v) is 2.47. The van der Waals surface area contributed by atoms with E-state index in [9.17, 15) is 4.79 Å². The van der Waals surface area contributed by atoms with Gasteiger partial charge in [0.2, 0.25) is 0 Å². The molecule has 20 heavy (non-hydrogen) atoms. The van der Waals surface area contributed by atoms with Crippen LogP contribution in [0.3, 0.4) is 0 Å². The van der Waals surface area contributed by atoms with Crippen LogP contribution in [-0.2, 0) is 7.05 Å². The lowest BCUT2D eigenvalue weighted by Crippen LogP contribution is -2.01. The number of aromatic nitrogens is 2. The molecule has 0 unspecified atom stereocenters. The molecule has 1 heterocycles. The van der Waals surface area contributed by atoms with E-state index in [1.54, 1.807) is 7.05 Å². The second kappa shape index (κ2) is 5.17. The molecule has 106 valence electrons. The van der Waals surface area contributed by atoms with Gasteiger partial charge in [0.1, 0.15) is 5.75 Å². The first-order valence-electron chi connectivity index (χ1n) is 5.98. The number of halogens is 1. The van der Waals surface area contributed by atoms with Gasteiger partial charge >= 0.3 is 5.97 Å². The van der Waals surface area contributed by atoms with Gasteiger partial charge in [0.05, 0.1) is 17.8 Å². The van der Waals surface area contributed by atoms with E-state index in [1.807, 2.05) is 19.9 Å². The van der Waals surface area contributed by atoms with Crippen molar-refractivity contribution in [3.63, 3.8) is 0 Å². The van der Waals surface area contributed by atoms with Crippen molar-refractivity contribution in [3.05, 3.63) is 34.0 Å². The van der Waals surface area contributed by atoms with Crippen molar-refractivity contribution >= 4 is 17.6 Å². The van der Waals surface area contributed by atoms with Crippen LogP contribution in [0.2, 0.25) is 5.02 Å². The Morgan fingerprint density at radius 1 is 1.35 bits per heavy atom. The molecular formula is C14H15ClN2O3. The van der Waals surface area contributed by atoms with Gasteiger partial charge in [-0.1, -0.05) is 17.7 Å². The number of hydrogen-bond donors (Lipinski definition) is 1. The highest BCUT2D eigenvalue weighted by Crippen LogP contribution is 2.40. The first kappa shape index (κ1) is 14.4. The molecule has 0 radical (unpaired) electrons. The van der Waals surface area contributed by atoms with Gasteiger partial charge in [-0.15, -0.1) is 0 Å². The lowest BCUT2D eigenvalue weighted by Gasteiger charge is -2.15. The zero-order chi connectivity index (χ0) is 15.0.